The Morgan fingerprint density at radius 1 is 1.38 bits per heavy atom. The number of hydrogen-bond donors (Lipinski definition) is 0. The fraction of sp³-hybridized carbons (Fsp3) is 0.867. The fourth-order valence-electron chi connectivity index (χ4n) is 1.91. The third-order valence-corrected chi connectivity index (χ3v) is 8.84. The molecule has 1 atom stereocenters. The molecule has 1 aliphatic heterocycles. The highest BCUT2D eigenvalue weighted by Gasteiger charge is 2.43. The summed E-state index contributed by atoms with van der Waals surface area (Å²) in [6, 6.07) is 0. The summed E-state index contributed by atoms with van der Waals surface area (Å²) in [7, 11) is -1.93. The quantitative estimate of drug-likeness (QED) is 0.575. The van der Waals surface area contributed by atoms with E-state index >= 15 is 0 Å². The van der Waals surface area contributed by atoms with Gasteiger partial charge in [0, 0.05) is 0 Å². The van der Waals surface area contributed by atoms with Gasteiger partial charge in [-0.1, -0.05) is 34.1 Å². The van der Waals surface area contributed by atoms with Gasteiger partial charge >= 0.3 is 6.09 Å². The Morgan fingerprint density at radius 3 is 2.52 bits per heavy atom. The first-order chi connectivity index (χ1) is 9.58. The first-order valence-electron chi connectivity index (χ1n) is 7.73. The molecule has 1 rings (SSSR count). The van der Waals surface area contributed by atoms with E-state index in [0.717, 1.165) is 12.8 Å². The standard InChI is InChI=1S/C15H29NO4Si/c1-7-8-9-19-14(18)16-11-12(10-13(16)17)20-21(5,6)15(2,3)4/h12H,7-11H2,1-6H3. The van der Waals surface area contributed by atoms with E-state index in [2.05, 4.69) is 33.9 Å². The van der Waals surface area contributed by atoms with Crippen molar-refractivity contribution in [1.29, 1.82) is 0 Å². The molecule has 1 saturated heterocycles. The Balaban J connectivity index is 2.57. The molecule has 0 aromatic carbocycles. The molecule has 0 aromatic rings. The van der Waals surface area contributed by atoms with Crippen LogP contribution in [0.25, 0.3) is 0 Å². The number of amides is 2. The summed E-state index contributed by atoms with van der Waals surface area (Å²) in [4.78, 5) is 25.0. The molecule has 0 aliphatic carbocycles. The van der Waals surface area contributed by atoms with Crippen LogP contribution in [0, 0.1) is 0 Å². The average molecular weight is 315 g/mol. The molecular formula is C15H29NO4Si. The van der Waals surface area contributed by atoms with Crippen molar-refractivity contribution in [3.63, 3.8) is 0 Å². The van der Waals surface area contributed by atoms with Crippen molar-refractivity contribution in [2.45, 2.75) is 71.2 Å². The van der Waals surface area contributed by atoms with Crippen molar-refractivity contribution in [3.05, 3.63) is 0 Å². The molecule has 1 fully saturated rings. The molecule has 0 saturated carbocycles. The molecule has 1 heterocycles. The second-order valence-corrected chi connectivity index (χ2v) is 11.9. The fourth-order valence-corrected chi connectivity index (χ4v) is 3.25. The number of nitrogens with zero attached hydrogens (tertiary/aromatic N) is 1. The van der Waals surface area contributed by atoms with Gasteiger partial charge in [-0.2, -0.15) is 0 Å². The van der Waals surface area contributed by atoms with E-state index in [1.54, 1.807) is 0 Å². The van der Waals surface area contributed by atoms with Gasteiger partial charge in [-0.15, -0.1) is 0 Å². The number of imide groups is 1. The van der Waals surface area contributed by atoms with E-state index < -0.39 is 14.4 Å². The first-order valence-corrected chi connectivity index (χ1v) is 10.6. The molecule has 0 radical (unpaired) electrons. The summed E-state index contributed by atoms with van der Waals surface area (Å²) in [5.74, 6) is -0.194. The van der Waals surface area contributed by atoms with Crippen molar-refractivity contribution in [2.75, 3.05) is 13.2 Å². The maximum absolute atomic E-state index is 12.0. The van der Waals surface area contributed by atoms with Crippen LogP contribution in [0.1, 0.15) is 47.0 Å². The molecule has 122 valence electrons. The number of carbonyl (C=O) groups excluding carboxylic acids is 2. The molecule has 1 aliphatic rings. The molecular weight excluding hydrogens is 286 g/mol. The molecule has 0 N–H and O–H groups in total. The van der Waals surface area contributed by atoms with E-state index in [9.17, 15) is 9.59 Å². The lowest BCUT2D eigenvalue weighted by Crippen LogP contribution is -2.44. The Hall–Kier alpha value is -0.883. The second kappa shape index (κ2) is 6.92. The molecule has 0 aromatic heterocycles. The molecule has 2 amide bonds. The molecule has 1 unspecified atom stereocenters. The maximum atomic E-state index is 12.0. The second-order valence-electron chi connectivity index (χ2n) is 7.18. The van der Waals surface area contributed by atoms with Crippen LogP contribution >= 0.6 is 0 Å². The lowest BCUT2D eigenvalue weighted by Gasteiger charge is -2.38. The number of unbranched alkanes of at least 4 members (excludes halogenated alkanes) is 1. The minimum Gasteiger partial charge on any atom is -0.449 e. The number of hydrogen-bond acceptors (Lipinski definition) is 4. The Bertz CT molecular complexity index is 390. The largest absolute Gasteiger partial charge is 0.449 e. The van der Waals surface area contributed by atoms with Gasteiger partial charge in [0.05, 0.1) is 25.7 Å². The topological polar surface area (TPSA) is 55.8 Å². The Labute approximate surface area is 129 Å². The van der Waals surface area contributed by atoms with Crippen LogP contribution in [0.4, 0.5) is 4.79 Å². The monoisotopic (exact) mass is 315 g/mol. The van der Waals surface area contributed by atoms with Crippen molar-refractivity contribution in [2.24, 2.45) is 0 Å². The third-order valence-electron chi connectivity index (χ3n) is 4.30. The molecule has 0 bridgehead atoms. The zero-order valence-electron chi connectivity index (χ0n) is 14.2. The molecule has 21 heavy (non-hydrogen) atoms. The molecule has 6 heteroatoms. The van der Waals surface area contributed by atoms with Crippen molar-refractivity contribution in [1.82, 2.24) is 4.90 Å². The normalized spacial score (nSPS) is 20.0. The summed E-state index contributed by atoms with van der Waals surface area (Å²) in [6.07, 6.45) is 1.32. The maximum Gasteiger partial charge on any atom is 0.416 e. The van der Waals surface area contributed by atoms with Crippen molar-refractivity contribution < 1.29 is 18.8 Å². The van der Waals surface area contributed by atoms with Gasteiger partial charge in [0.25, 0.3) is 0 Å². The van der Waals surface area contributed by atoms with E-state index in [1.807, 2.05) is 6.92 Å². The highest BCUT2D eigenvalue weighted by atomic mass is 28.4. The highest BCUT2D eigenvalue weighted by Crippen LogP contribution is 2.38. The first kappa shape index (κ1) is 18.2. The minimum atomic E-state index is -1.93. The van der Waals surface area contributed by atoms with Crippen LogP contribution in [0.5, 0.6) is 0 Å². The summed E-state index contributed by atoms with van der Waals surface area (Å²) in [6.45, 7) is 13.5. The number of ether oxygens (including phenoxy) is 1. The number of carbonyl (C=O) groups is 2. The zero-order chi connectivity index (χ0) is 16.3. The van der Waals surface area contributed by atoms with Crippen molar-refractivity contribution >= 4 is 20.3 Å². The Morgan fingerprint density at radius 2 is 2.00 bits per heavy atom. The summed E-state index contributed by atoms with van der Waals surface area (Å²) >= 11 is 0. The van der Waals surface area contributed by atoms with E-state index in [-0.39, 0.29) is 23.5 Å². The zero-order valence-corrected chi connectivity index (χ0v) is 15.2. The SMILES string of the molecule is CCCCOC(=O)N1CC(O[Si](C)(C)C(C)(C)C)CC1=O. The number of rotatable bonds is 5. The van der Waals surface area contributed by atoms with Crippen LogP contribution < -0.4 is 0 Å². The summed E-state index contributed by atoms with van der Waals surface area (Å²) < 4.78 is 11.3. The van der Waals surface area contributed by atoms with Gasteiger partial charge in [-0.05, 0) is 24.6 Å². The van der Waals surface area contributed by atoms with Gasteiger partial charge in [-0.25, -0.2) is 9.69 Å². The molecule has 5 nitrogen and oxygen atoms in total. The van der Waals surface area contributed by atoms with Crippen LogP contribution in [0.15, 0.2) is 0 Å². The lowest BCUT2D eigenvalue weighted by molar-refractivity contribution is -0.126. The Kier molecular flexibility index (Phi) is 5.98. The van der Waals surface area contributed by atoms with Crippen LogP contribution in [-0.4, -0.2) is 44.5 Å². The van der Waals surface area contributed by atoms with Gasteiger partial charge in [-0.3, -0.25) is 4.79 Å². The van der Waals surface area contributed by atoms with Gasteiger partial charge in [0.2, 0.25) is 5.91 Å². The smallest absolute Gasteiger partial charge is 0.416 e. The summed E-state index contributed by atoms with van der Waals surface area (Å²) in [5, 5.41) is 0.0884. The predicted octanol–water partition coefficient (Wildman–Crippen LogP) is 3.55. The van der Waals surface area contributed by atoms with E-state index in [4.69, 9.17) is 9.16 Å². The predicted molar refractivity (Wildman–Crippen MR) is 84.7 cm³/mol. The van der Waals surface area contributed by atoms with Crippen LogP contribution in [0.2, 0.25) is 18.1 Å². The lowest BCUT2D eigenvalue weighted by atomic mass is 10.2. The highest BCUT2D eigenvalue weighted by molar-refractivity contribution is 6.74. The van der Waals surface area contributed by atoms with E-state index in [1.165, 1.54) is 4.90 Å². The average Bonchev–Trinajstić information content (AvgIpc) is 2.68. The van der Waals surface area contributed by atoms with Crippen molar-refractivity contribution in [3.8, 4) is 0 Å². The van der Waals surface area contributed by atoms with Crippen LogP contribution in [0.3, 0.4) is 0 Å². The minimum absolute atomic E-state index is 0.0884. The van der Waals surface area contributed by atoms with E-state index in [0.29, 0.717) is 13.2 Å². The van der Waals surface area contributed by atoms with Gasteiger partial charge in [0.1, 0.15) is 0 Å². The van der Waals surface area contributed by atoms with Crippen LogP contribution in [-0.2, 0) is 14.0 Å². The van der Waals surface area contributed by atoms with Gasteiger partial charge in [0.15, 0.2) is 8.32 Å². The third kappa shape index (κ3) is 4.81. The number of likely N-dealkylation sites (tertiary alicyclic amines) is 1. The van der Waals surface area contributed by atoms with Gasteiger partial charge < -0.3 is 9.16 Å². The molecule has 0 spiro atoms. The summed E-state index contributed by atoms with van der Waals surface area (Å²) in [5.41, 5.74) is 0.